The first-order chi connectivity index (χ1) is 9.52. The molecular weight excluding hydrogens is 248 g/mol. The third-order valence-corrected chi connectivity index (χ3v) is 3.60. The highest BCUT2D eigenvalue weighted by Gasteiger charge is 2.15. The molecule has 0 bridgehead atoms. The van der Waals surface area contributed by atoms with Crippen LogP contribution in [0.3, 0.4) is 0 Å². The van der Waals surface area contributed by atoms with Crippen LogP contribution < -0.4 is 4.74 Å². The average molecular weight is 270 g/mol. The molecule has 2 nitrogen and oxygen atoms in total. The van der Waals surface area contributed by atoms with Crippen LogP contribution in [0, 0.1) is 6.92 Å². The number of hydrogen-bond acceptors (Lipinski definition) is 2. The quantitative estimate of drug-likeness (QED) is 0.901. The number of methoxy groups -OCH3 is 1. The standard InChI is InChI=1S/C18H22O2/c1-12(2)14-6-8-15(9-7-14)18(19)16-10-5-13(3)11-17(16)20-4/h5-12,18-19H,1-4H3. The molecule has 0 aliphatic carbocycles. The third-order valence-electron chi connectivity index (χ3n) is 3.60. The minimum Gasteiger partial charge on any atom is -0.496 e. The van der Waals surface area contributed by atoms with Crippen molar-refractivity contribution in [2.75, 3.05) is 7.11 Å². The number of hydrogen-bond donors (Lipinski definition) is 1. The molecule has 1 N–H and O–H groups in total. The maximum Gasteiger partial charge on any atom is 0.125 e. The molecule has 0 saturated heterocycles. The van der Waals surface area contributed by atoms with Gasteiger partial charge in [0.05, 0.1) is 7.11 Å². The lowest BCUT2D eigenvalue weighted by atomic mass is 9.96. The van der Waals surface area contributed by atoms with E-state index in [1.165, 1.54) is 5.56 Å². The van der Waals surface area contributed by atoms with E-state index in [1.54, 1.807) is 7.11 Å². The van der Waals surface area contributed by atoms with E-state index < -0.39 is 6.10 Å². The number of aryl methyl sites for hydroxylation is 1. The fourth-order valence-electron chi connectivity index (χ4n) is 2.29. The highest BCUT2D eigenvalue weighted by atomic mass is 16.5. The van der Waals surface area contributed by atoms with Gasteiger partial charge in [-0.3, -0.25) is 0 Å². The van der Waals surface area contributed by atoms with Crippen LogP contribution in [0.5, 0.6) is 5.75 Å². The Bertz CT molecular complexity index is 570. The molecule has 20 heavy (non-hydrogen) atoms. The zero-order valence-electron chi connectivity index (χ0n) is 12.6. The Morgan fingerprint density at radius 3 is 2.10 bits per heavy atom. The minimum absolute atomic E-state index is 0.495. The summed E-state index contributed by atoms with van der Waals surface area (Å²) in [6.07, 6.45) is -0.660. The maximum atomic E-state index is 10.5. The zero-order valence-corrected chi connectivity index (χ0v) is 12.6. The van der Waals surface area contributed by atoms with Crippen LogP contribution in [0.25, 0.3) is 0 Å². The van der Waals surface area contributed by atoms with Gasteiger partial charge >= 0.3 is 0 Å². The van der Waals surface area contributed by atoms with E-state index in [-0.39, 0.29) is 0 Å². The van der Waals surface area contributed by atoms with Crippen molar-refractivity contribution in [2.45, 2.75) is 32.8 Å². The summed E-state index contributed by atoms with van der Waals surface area (Å²) < 4.78 is 5.37. The highest BCUT2D eigenvalue weighted by Crippen LogP contribution is 2.31. The van der Waals surface area contributed by atoms with Crippen molar-refractivity contribution in [2.24, 2.45) is 0 Å². The number of aliphatic hydroxyl groups is 1. The van der Waals surface area contributed by atoms with Crippen molar-refractivity contribution >= 4 is 0 Å². The van der Waals surface area contributed by atoms with Gasteiger partial charge in [0.15, 0.2) is 0 Å². The summed E-state index contributed by atoms with van der Waals surface area (Å²) in [4.78, 5) is 0. The molecule has 2 aromatic rings. The van der Waals surface area contributed by atoms with Crippen molar-refractivity contribution in [3.05, 3.63) is 64.7 Å². The fraction of sp³-hybridized carbons (Fsp3) is 0.333. The molecule has 0 fully saturated rings. The van der Waals surface area contributed by atoms with Crippen LogP contribution in [0.1, 0.15) is 48.1 Å². The second-order valence-corrected chi connectivity index (χ2v) is 5.47. The molecule has 0 aromatic heterocycles. The van der Waals surface area contributed by atoms with Gasteiger partial charge in [0.1, 0.15) is 11.9 Å². The Kier molecular flexibility index (Phi) is 4.46. The smallest absolute Gasteiger partial charge is 0.125 e. The Hall–Kier alpha value is -1.80. The Morgan fingerprint density at radius 1 is 0.950 bits per heavy atom. The van der Waals surface area contributed by atoms with Crippen LogP contribution in [-0.2, 0) is 0 Å². The summed E-state index contributed by atoms with van der Waals surface area (Å²) in [7, 11) is 1.63. The predicted molar refractivity (Wildman–Crippen MR) is 82.3 cm³/mol. The second kappa shape index (κ2) is 6.10. The van der Waals surface area contributed by atoms with Crippen molar-refractivity contribution in [3.63, 3.8) is 0 Å². The molecule has 0 aliphatic rings. The summed E-state index contributed by atoms with van der Waals surface area (Å²) >= 11 is 0. The van der Waals surface area contributed by atoms with Gasteiger partial charge in [-0.1, -0.05) is 50.2 Å². The Balaban J connectivity index is 2.33. The molecule has 2 rings (SSSR count). The topological polar surface area (TPSA) is 29.5 Å². The van der Waals surface area contributed by atoms with E-state index in [0.717, 1.165) is 22.4 Å². The summed E-state index contributed by atoms with van der Waals surface area (Å²) in [6.45, 7) is 6.33. The van der Waals surface area contributed by atoms with Gasteiger partial charge in [0.2, 0.25) is 0 Å². The second-order valence-electron chi connectivity index (χ2n) is 5.47. The Morgan fingerprint density at radius 2 is 1.55 bits per heavy atom. The van der Waals surface area contributed by atoms with Crippen molar-refractivity contribution < 1.29 is 9.84 Å². The minimum atomic E-state index is -0.660. The van der Waals surface area contributed by atoms with Crippen molar-refractivity contribution in [1.82, 2.24) is 0 Å². The summed E-state index contributed by atoms with van der Waals surface area (Å²) in [5.41, 5.74) is 4.08. The molecule has 0 radical (unpaired) electrons. The molecule has 2 aromatic carbocycles. The molecule has 1 unspecified atom stereocenters. The average Bonchev–Trinajstić information content (AvgIpc) is 2.46. The van der Waals surface area contributed by atoms with Gasteiger partial charge in [-0.25, -0.2) is 0 Å². The van der Waals surface area contributed by atoms with Gasteiger partial charge in [-0.2, -0.15) is 0 Å². The number of benzene rings is 2. The maximum absolute atomic E-state index is 10.5. The summed E-state index contributed by atoms with van der Waals surface area (Å²) in [5, 5.41) is 10.5. The van der Waals surface area contributed by atoms with Crippen LogP contribution in [0.15, 0.2) is 42.5 Å². The molecular formula is C18H22O2. The lowest BCUT2D eigenvalue weighted by Gasteiger charge is -2.16. The van der Waals surface area contributed by atoms with Crippen LogP contribution in [0.2, 0.25) is 0 Å². The SMILES string of the molecule is COc1cc(C)ccc1C(O)c1ccc(C(C)C)cc1. The number of ether oxygens (including phenoxy) is 1. The lowest BCUT2D eigenvalue weighted by Crippen LogP contribution is -2.03. The number of aliphatic hydroxyl groups excluding tert-OH is 1. The van der Waals surface area contributed by atoms with E-state index in [2.05, 4.69) is 26.0 Å². The fourth-order valence-corrected chi connectivity index (χ4v) is 2.29. The summed E-state index contributed by atoms with van der Waals surface area (Å²) in [6, 6.07) is 14.0. The van der Waals surface area contributed by atoms with E-state index >= 15 is 0 Å². The van der Waals surface area contributed by atoms with Gasteiger partial charge in [-0.05, 0) is 35.6 Å². The van der Waals surface area contributed by atoms with E-state index in [0.29, 0.717) is 5.92 Å². The third kappa shape index (κ3) is 3.02. The molecule has 1 atom stereocenters. The molecule has 0 saturated carbocycles. The van der Waals surface area contributed by atoms with Gasteiger partial charge in [0.25, 0.3) is 0 Å². The van der Waals surface area contributed by atoms with Gasteiger partial charge in [-0.15, -0.1) is 0 Å². The van der Waals surface area contributed by atoms with Crippen LogP contribution >= 0.6 is 0 Å². The van der Waals surface area contributed by atoms with Crippen LogP contribution in [0.4, 0.5) is 0 Å². The van der Waals surface area contributed by atoms with Crippen molar-refractivity contribution in [3.8, 4) is 5.75 Å². The normalized spacial score (nSPS) is 12.5. The zero-order chi connectivity index (χ0) is 14.7. The molecule has 0 aliphatic heterocycles. The lowest BCUT2D eigenvalue weighted by molar-refractivity contribution is 0.214. The first-order valence-corrected chi connectivity index (χ1v) is 6.95. The predicted octanol–water partition coefficient (Wildman–Crippen LogP) is 4.21. The highest BCUT2D eigenvalue weighted by molar-refractivity contribution is 5.43. The van der Waals surface area contributed by atoms with E-state index in [1.807, 2.05) is 37.3 Å². The van der Waals surface area contributed by atoms with Gasteiger partial charge < -0.3 is 9.84 Å². The van der Waals surface area contributed by atoms with Gasteiger partial charge in [0, 0.05) is 5.56 Å². The molecule has 2 heteroatoms. The van der Waals surface area contributed by atoms with E-state index in [9.17, 15) is 5.11 Å². The monoisotopic (exact) mass is 270 g/mol. The molecule has 0 heterocycles. The van der Waals surface area contributed by atoms with Crippen LogP contribution in [-0.4, -0.2) is 12.2 Å². The largest absolute Gasteiger partial charge is 0.496 e. The first kappa shape index (κ1) is 14.6. The first-order valence-electron chi connectivity index (χ1n) is 6.95. The van der Waals surface area contributed by atoms with E-state index in [4.69, 9.17) is 4.74 Å². The molecule has 0 spiro atoms. The number of rotatable bonds is 4. The van der Waals surface area contributed by atoms with Crippen molar-refractivity contribution in [1.29, 1.82) is 0 Å². The Labute approximate surface area is 121 Å². The molecule has 106 valence electrons. The molecule has 0 amide bonds. The summed E-state index contributed by atoms with van der Waals surface area (Å²) in [5.74, 6) is 1.22.